The normalized spacial score (nSPS) is 11.7. The topological polar surface area (TPSA) is 145 Å². The first kappa shape index (κ1) is 22.6. The first-order valence-corrected chi connectivity index (χ1v) is 12.0. The highest BCUT2D eigenvalue weighted by Crippen LogP contribution is 2.35. The highest BCUT2D eigenvalue weighted by Gasteiger charge is 2.21. The zero-order valence-electron chi connectivity index (χ0n) is 18.1. The second-order valence-corrected chi connectivity index (χ2v) is 9.39. The minimum Gasteiger partial charge on any atom is -0.504 e. The van der Waals surface area contributed by atoms with Gasteiger partial charge in [0.05, 0.1) is 17.0 Å². The summed E-state index contributed by atoms with van der Waals surface area (Å²) in [5, 5.41) is 24.8. The van der Waals surface area contributed by atoms with Crippen LogP contribution in [0.3, 0.4) is 0 Å². The van der Waals surface area contributed by atoms with Gasteiger partial charge in [0.1, 0.15) is 11.3 Å². The van der Waals surface area contributed by atoms with Gasteiger partial charge < -0.3 is 9.52 Å². The molecule has 5 rings (SSSR count). The molecule has 0 radical (unpaired) electrons. The number of nitrogens with two attached hydrogens (primary N) is 1. The number of aromatic hydroxyl groups is 1. The largest absolute Gasteiger partial charge is 0.504 e. The predicted molar refractivity (Wildman–Crippen MR) is 124 cm³/mol. The molecule has 0 unspecified atom stereocenters. The van der Waals surface area contributed by atoms with E-state index < -0.39 is 10.0 Å². The highest BCUT2D eigenvalue weighted by atomic mass is 32.2. The Bertz CT molecular complexity index is 1650. The number of hydrogen-bond acceptors (Lipinski definition) is 8. The van der Waals surface area contributed by atoms with E-state index in [4.69, 9.17) is 9.56 Å². The molecule has 11 heteroatoms. The van der Waals surface area contributed by atoms with Gasteiger partial charge in [0.2, 0.25) is 15.9 Å². The van der Waals surface area contributed by atoms with Gasteiger partial charge in [0.15, 0.2) is 11.4 Å². The third-order valence-electron chi connectivity index (χ3n) is 5.35. The van der Waals surface area contributed by atoms with E-state index in [9.17, 15) is 17.9 Å². The molecule has 0 bridgehead atoms. The molecule has 9 nitrogen and oxygen atoms in total. The van der Waals surface area contributed by atoms with Crippen molar-refractivity contribution in [2.24, 2.45) is 5.14 Å². The van der Waals surface area contributed by atoms with Crippen LogP contribution in [-0.4, -0.2) is 33.7 Å². The van der Waals surface area contributed by atoms with Crippen LogP contribution in [0.2, 0.25) is 0 Å². The number of rotatable bonds is 6. The molecule has 0 spiro atoms. The fourth-order valence-electron chi connectivity index (χ4n) is 3.69. The van der Waals surface area contributed by atoms with Gasteiger partial charge in [-0.3, -0.25) is 4.98 Å². The number of halogens is 1. The first-order chi connectivity index (χ1) is 16.8. The molecule has 0 saturated heterocycles. The summed E-state index contributed by atoms with van der Waals surface area (Å²) in [7, 11) is -3.87. The number of sulfonamides is 1. The minimum atomic E-state index is -3.87. The Morgan fingerprint density at radius 1 is 0.971 bits per heavy atom. The zero-order chi connectivity index (χ0) is 24.6. The fraction of sp³-hybridized carbons (Fsp3) is 0.0833. The molecule has 3 heterocycles. The molecular formula is C24H18FN5O4S. The van der Waals surface area contributed by atoms with Crippen molar-refractivity contribution in [1.29, 1.82) is 0 Å². The monoisotopic (exact) mass is 491 g/mol. The standard InChI is InChI=1S/C24H18FN5O4S/c25-16-8-6-14(7-9-16)13-20-29-30-24(34-20)22-23(31)21-18(5-2-10-27-21)19(28-22)12-15-3-1-4-17(11-15)35(26,32)33/h1-11,31H,12-13H2,(H2,26,32,33). The van der Waals surface area contributed by atoms with Crippen LogP contribution in [0, 0.1) is 5.82 Å². The summed E-state index contributed by atoms with van der Waals surface area (Å²) in [5.74, 6) is -0.317. The Balaban J connectivity index is 1.55. The molecular weight excluding hydrogens is 473 g/mol. The van der Waals surface area contributed by atoms with Crippen molar-refractivity contribution in [3.8, 4) is 17.3 Å². The van der Waals surface area contributed by atoms with E-state index in [0.717, 1.165) is 5.56 Å². The average Bonchev–Trinajstić information content (AvgIpc) is 3.30. The summed E-state index contributed by atoms with van der Waals surface area (Å²) < 4.78 is 42.4. The number of benzene rings is 2. The highest BCUT2D eigenvalue weighted by molar-refractivity contribution is 7.89. The third-order valence-corrected chi connectivity index (χ3v) is 6.26. The Hall–Kier alpha value is -4.22. The smallest absolute Gasteiger partial charge is 0.270 e. The number of pyridine rings is 2. The van der Waals surface area contributed by atoms with Gasteiger partial charge in [-0.2, -0.15) is 0 Å². The average molecular weight is 492 g/mol. The Kier molecular flexibility index (Phi) is 5.71. The predicted octanol–water partition coefficient (Wildman–Crippen LogP) is 3.35. The van der Waals surface area contributed by atoms with Crippen molar-refractivity contribution in [3.63, 3.8) is 0 Å². The van der Waals surface area contributed by atoms with E-state index in [0.29, 0.717) is 16.6 Å². The van der Waals surface area contributed by atoms with Crippen LogP contribution in [0.4, 0.5) is 4.39 Å². The first-order valence-electron chi connectivity index (χ1n) is 10.4. The lowest BCUT2D eigenvalue weighted by molar-refractivity contribution is 0.470. The summed E-state index contributed by atoms with van der Waals surface area (Å²) in [6.07, 6.45) is 2.04. The van der Waals surface area contributed by atoms with Crippen LogP contribution >= 0.6 is 0 Å². The number of primary sulfonamides is 1. The van der Waals surface area contributed by atoms with Crippen molar-refractivity contribution in [3.05, 3.63) is 95.4 Å². The molecule has 0 fully saturated rings. The van der Waals surface area contributed by atoms with Crippen LogP contribution in [0.5, 0.6) is 5.75 Å². The number of aromatic nitrogens is 4. The molecule has 176 valence electrons. The van der Waals surface area contributed by atoms with Gasteiger partial charge >= 0.3 is 0 Å². The third kappa shape index (κ3) is 4.72. The molecule has 3 aromatic heterocycles. The van der Waals surface area contributed by atoms with Gasteiger partial charge in [-0.25, -0.2) is 22.9 Å². The van der Waals surface area contributed by atoms with E-state index in [2.05, 4.69) is 20.2 Å². The van der Waals surface area contributed by atoms with E-state index in [-0.39, 0.29) is 52.3 Å². The van der Waals surface area contributed by atoms with Gasteiger partial charge in [-0.1, -0.05) is 24.3 Å². The second kappa shape index (κ2) is 8.85. The van der Waals surface area contributed by atoms with E-state index in [1.54, 1.807) is 36.4 Å². The van der Waals surface area contributed by atoms with Gasteiger partial charge in [-0.15, -0.1) is 10.2 Å². The number of nitrogens with zero attached hydrogens (tertiary/aromatic N) is 4. The molecule has 3 N–H and O–H groups in total. The second-order valence-electron chi connectivity index (χ2n) is 7.83. The van der Waals surface area contributed by atoms with Crippen molar-refractivity contribution >= 4 is 20.9 Å². The number of hydrogen-bond donors (Lipinski definition) is 2. The quantitative estimate of drug-likeness (QED) is 0.368. The summed E-state index contributed by atoms with van der Waals surface area (Å²) in [6.45, 7) is 0. The fourth-order valence-corrected chi connectivity index (χ4v) is 4.28. The van der Waals surface area contributed by atoms with Crippen LogP contribution < -0.4 is 5.14 Å². The van der Waals surface area contributed by atoms with Gasteiger partial charge in [-0.05, 0) is 47.5 Å². The minimum absolute atomic E-state index is 0.00768. The van der Waals surface area contributed by atoms with Crippen LogP contribution in [0.1, 0.15) is 22.7 Å². The zero-order valence-corrected chi connectivity index (χ0v) is 18.9. The molecule has 0 amide bonds. The van der Waals surface area contributed by atoms with Crippen molar-refractivity contribution < 1.29 is 22.3 Å². The molecule has 0 aliphatic rings. The maximum atomic E-state index is 13.2. The Morgan fingerprint density at radius 3 is 2.54 bits per heavy atom. The summed E-state index contributed by atoms with van der Waals surface area (Å²) >= 11 is 0. The van der Waals surface area contributed by atoms with Crippen LogP contribution in [0.25, 0.3) is 22.5 Å². The molecule has 0 aliphatic heterocycles. The number of fused-ring (bicyclic) bond motifs is 1. The van der Waals surface area contributed by atoms with E-state index in [1.807, 2.05) is 0 Å². The molecule has 0 atom stereocenters. The summed E-state index contributed by atoms with van der Waals surface area (Å²) in [4.78, 5) is 8.84. The van der Waals surface area contributed by atoms with Crippen LogP contribution in [0.15, 0.2) is 76.2 Å². The lowest BCUT2D eigenvalue weighted by atomic mass is 10.0. The van der Waals surface area contributed by atoms with Crippen LogP contribution in [-0.2, 0) is 22.9 Å². The maximum absolute atomic E-state index is 13.2. The van der Waals surface area contributed by atoms with E-state index in [1.165, 1.54) is 30.5 Å². The molecule has 0 aliphatic carbocycles. The molecule has 2 aromatic carbocycles. The van der Waals surface area contributed by atoms with Crippen molar-refractivity contribution in [2.75, 3.05) is 0 Å². The van der Waals surface area contributed by atoms with Gasteiger partial charge in [0.25, 0.3) is 5.89 Å². The Morgan fingerprint density at radius 2 is 1.77 bits per heavy atom. The van der Waals surface area contributed by atoms with Crippen molar-refractivity contribution in [1.82, 2.24) is 20.2 Å². The molecule has 5 aromatic rings. The lowest BCUT2D eigenvalue weighted by Gasteiger charge is -2.10. The molecule has 0 saturated carbocycles. The van der Waals surface area contributed by atoms with E-state index >= 15 is 0 Å². The maximum Gasteiger partial charge on any atom is 0.270 e. The van der Waals surface area contributed by atoms with Crippen molar-refractivity contribution in [2.45, 2.75) is 17.7 Å². The SMILES string of the molecule is NS(=O)(=O)c1cccc(Cc2nc(-c3nnc(Cc4ccc(F)cc4)o3)c(O)c3ncccc23)c1. The summed E-state index contributed by atoms with van der Waals surface area (Å²) in [5.41, 5.74) is 2.27. The molecule has 35 heavy (non-hydrogen) atoms. The summed E-state index contributed by atoms with van der Waals surface area (Å²) in [6, 6.07) is 15.6. The van der Waals surface area contributed by atoms with Gasteiger partial charge in [0, 0.05) is 18.0 Å². The lowest BCUT2D eigenvalue weighted by Crippen LogP contribution is -2.12. The Labute approximate surface area is 199 Å².